The first-order valence-electron chi connectivity index (χ1n) is 9.22. The first-order chi connectivity index (χ1) is 14.4. The first kappa shape index (κ1) is 21.8. The highest BCUT2D eigenvalue weighted by molar-refractivity contribution is 7.89. The van der Waals surface area contributed by atoms with Gasteiger partial charge in [0.1, 0.15) is 12.0 Å². The number of amides is 2. The Bertz CT molecular complexity index is 986. The van der Waals surface area contributed by atoms with E-state index in [1.807, 2.05) is 0 Å². The number of aromatic nitrogens is 1. The van der Waals surface area contributed by atoms with E-state index in [1.54, 1.807) is 24.5 Å². The van der Waals surface area contributed by atoms with Gasteiger partial charge in [-0.2, -0.15) is 4.31 Å². The molecule has 160 valence electrons. The lowest BCUT2D eigenvalue weighted by atomic mass is 10.3. The van der Waals surface area contributed by atoms with Crippen molar-refractivity contribution in [3.05, 3.63) is 60.2 Å². The molecule has 0 spiro atoms. The number of hydrogen-bond donors (Lipinski definition) is 2. The van der Waals surface area contributed by atoms with Crippen LogP contribution in [0.4, 0.5) is 4.39 Å². The summed E-state index contributed by atoms with van der Waals surface area (Å²) < 4.78 is 45.5. The van der Waals surface area contributed by atoms with Gasteiger partial charge in [0.05, 0.1) is 18.0 Å². The molecule has 3 rings (SSSR count). The summed E-state index contributed by atoms with van der Waals surface area (Å²) in [5, 5.41) is 4.87. The standard InChI is InChI=1S/C19H21FN4O5S/c20-15-2-4-16(5-3-15)30(27,28)24-10-1-11-29-17(24)13-23-19(26)18(25)22-12-14-6-8-21-9-7-14/h2-9,17H,1,10-13H2,(H,22,25)(H,23,26)/t17-/m0/s1. The first-order valence-corrected chi connectivity index (χ1v) is 10.7. The zero-order valence-electron chi connectivity index (χ0n) is 16.0. The molecule has 2 N–H and O–H groups in total. The normalized spacial score (nSPS) is 17.3. The van der Waals surface area contributed by atoms with E-state index >= 15 is 0 Å². The maximum atomic E-state index is 13.1. The maximum Gasteiger partial charge on any atom is 0.309 e. The molecule has 1 aliphatic heterocycles. The van der Waals surface area contributed by atoms with Crippen LogP contribution in [-0.2, 0) is 30.9 Å². The number of benzene rings is 1. The van der Waals surface area contributed by atoms with Crippen LogP contribution in [0.1, 0.15) is 12.0 Å². The summed E-state index contributed by atoms with van der Waals surface area (Å²) in [7, 11) is -3.96. The minimum Gasteiger partial charge on any atom is -0.360 e. The lowest BCUT2D eigenvalue weighted by Crippen LogP contribution is -2.53. The van der Waals surface area contributed by atoms with Gasteiger partial charge in [-0.3, -0.25) is 14.6 Å². The fourth-order valence-electron chi connectivity index (χ4n) is 2.87. The number of pyridine rings is 1. The zero-order chi connectivity index (χ0) is 21.6. The van der Waals surface area contributed by atoms with Gasteiger partial charge in [-0.15, -0.1) is 0 Å². The van der Waals surface area contributed by atoms with E-state index in [9.17, 15) is 22.4 Å². The van der Waals surface area contributed by atoms with Gasteiger partial charge >= 0.3 is 11.8 Å². The van der Waals surface area contributed by atoms with Gasteiger partial charge in [0, 0.05) is 25.5 Å². The van der Waals surface area contributed by atoms with Crippen LogP contribution in [0.5, 0.6) is 0 Å². The van der Waals surface area contributed by atoms with Gasteiger partial charge in [-0.25, -0.2) is 12.8 Å². The minimum absolute atomic E-state index is 0.0826. The molecule has 0 aliphatic carbocycles. The SMILES string of the molecule is O=C(NCc1ccncc1)C(=O)NC[C@@H]1OCCCN1S(=O)(=O)c1ccc(F)cc1. The zero-order valence-corrected chi connectivity index (χ0v) is 16.8. The lowest BCUT2D eigenvalue weighted by Gasteiger charge is -2.34. The summed E-state index contributed by atoms with van der Waals surface area (Å²) in [6.45, 7) is 0.431. The molecule has 2 heterocycles. The van der Waals surface area contributed by atoms with Crippen LogP contribution in [0.3, 0.4) is 0 Å². The summed E-state index contributed by atoms with van der Waals surface area (Å²) >= 11 is 0. The smallest absolute Gasteiger partial charge is 0.309 e. The summed E-state index contributed by atoms with van der Waals surface area (Å²) in [5.41, 5.74) is 0.776. The van der Waals surface area contributed by atoms with E-state index in [1.165, 1.54) is 12.1 Å². The van der Waals surface area contributed by atoms with Crippen molar-refractivity contribution in [1.29, 1.82) is 0 Å². The Morgan fingerprint density at radius 2 is 1.77 bits per heavy atom. The van der Waals surface area contributed by atoms with E-state index < -0.39 is 33.9 Å². The number of carbonyl (C=O) groups is 2. The molecular weight excluding hydrogens is 415 g/mol. The molecule has 1 saturated heterocycles. The Morgan fingerprint density at radius 3 is 2.47 bits per heavy atom. The molecule has 0 unspecified atom stereocenters. The van der Waals surface area contributed by atoms with Crippen LogP contribution in [0.25, 0.3) is 0 Å². The molecule has 0 saturated carbocycles. The van der Waals surface area contributed by atoms with E-state index in [2.05, 4.69) is 15.6 Å². The number of ether oxygens (including phenoxy) is 1. The second kappa shape index (κ2) is 9.74. The second-order valence-electron chi connectivity index (χ2n) is 6.50. The average Bonchev–Trinajstić information content (AvgIpc) is 2.77. The molecule has 1 aromatic heterocycles. The topological polar surface area (TPSA) is 118 Å². The molecule has 1 aliphatic rings. The van der Waals surface area contributed by atoms with Crippen molar-refractivity contribution < 1.29 is 27.1 Å². The summed E-state index contributed by atoms with van der Waals surface area (Å²) in [5.74, 6) is -2.31. The van der Waals surface area contributed by atoms with Gasteiger partial charge in [-0.05, 0) is 48.4 Å². The molecule has 1 atom stereocenters. The lowest BCUT2D eigenvalue weighted by molar-refractivity contribution is -0.140. The highest BCUT2D eigenvalue weighted by Crippen LogP contribution is 2.22. The number of halogens is 1. The molecule has 2 amide bonds. The average molecular weight is 436 g/mol. The third-order valence-electron chi connectivity index (χ3n) is 4.42. The van der Waals surface area contributed by atoms with Crippen LogP contribution >= 0.6 is 0 Å². The fourth-order valence-corrected chi connectivity index (χ4v) is 4.43. The number of nitrogens with one attached hydrogen (secondary N) is 2. The van der Waals surface area contributed by atoms with Crippen molar-refractivity contribution in [2.24, 2.45) is 0 Å². The van der Waals surface area contributed by atoms with Gasteiger partial charge in [0.2, 0.25) is 10.0 Å². The predicted molar refractivity (Wildman–Crippen MR) is 104 cm³/mol. The minimum atomic E-state index is -3.96. The summed E-state index contributed by atoms with van der Waals surface area (Å²) in [6, 6.07) is 7.85. The third-order valence-corrected chi connectivity index (χ3v) is 6.32. The molecule has 9 nitrogen and oxygen atoms in total. The van der Waals surface area contributed by atoms with Crippen molar-refractivity contribution in [2.45, 2.75) is 24.1 Å². The van der Waals surface area contributed by atoms with Crippen LogP contribution in [0.15, 0.2) is 53.7 Å². The number of nitrogens with zero attached hydrogens (tertiary/aromatic N) is 2. The molecular formula is C19H21FN4O5S. The Balaban J connectivity index is 1.59. The van der Waals surface area contributed by atoms with Crippen LogP contribution in [0, 0.1) is 5.82 Å². The number of carbonyl (C=O) groups excluding carboxylic acids is 2. The number of hydrogen-bond acceptors (Lipinski definition) is 6. The number of sulfonamides is 1. The Hall–Kier alpha value is -2.89. The van der Waals surface area contributed by atoms with Gasteiger partial charge in [-0.1, -0.05) is 0 Å². The van der Waals surface area contributed by atoms with Crippen molar-refractivity contribution in [1.82, 2.24) is 19.9 Å². The fraction of sp³-hybridized carbons (Fsp3) is 0.316. The van der Waals surface area contributed by atoms with Gasteiger partial charge < -0.3 is 15.4 Å². The Morgan fingerprint density at radius 1 is 1.10 bits per heavy atom. The Kier molecular flexibility index (Phi) is 7.08. The largest absolute Gasteiger partial charge is 0.360 e. The summed E-state index contributed by atoms with van der Waals surface area (Å²) in [6.07, 6.45) is 2.62. The van der Waals surface area contributed by atoms with E-state index in [0.717, 1.165) is 22.0 Å². The highest BCUT2D eigenvalue weighted by Gasteiger charge is 2.34. The molecule has 11 heteroatoms. The van der Waals surface area contributed by atoms with Crippen molar-refractivity contribution in [3.8, 4) is 0 Å². The van der Waals surface area contributed by atoms with Crippen molar-refractivity contribution in [2.75, 3.05) is 19.7 Å². The van der Waals surface area contributed by atoms with Crippen LogP contribution in [-0.4, -0.2) is 55.4 Å². The second-order valence-corrected chi connectivity index (χ2v) is 8.39. The van der Waals surface area contributed by atoms with E-state index in [4.69, 9.17) is 4.74 Å². The third kappa shape index (κ3) is 5.38. The van der Waals surface area contributed by atoms with Gasteiger partial charge in [0.15, 0.2) is 0 Å². The van der Waals surface area contributed by atoms with Crippen molar-refractivity contribution in [3.63, 3.8) is 0 Å². The van der Waals surface area contributed by atoms with Crippen LogP contribution < -0.4 is 10.6 Å². The van der Waals surface area contributed by atoms with Crippen molar-refractivity contribution >= 4 is 21.8 Å². The Labute approximate surface area is 173 Å². The number of rotatable bonds is 6. The monoisotopic (exact) mass is 436 g/mol. The molecule has 2 aromatic rings. The quantitative estimate of drug-likeness (QED) is 0.633. The predicted octanol–water partition coefficient (Wildman–Crippen LogP) is 0.390. The molecule has 1 aromatic carbocycles. The molecule has 0 bridgehead atoms. The summed E-state index contributed by atoms with van der Waals surface area (Å²) in [4.78, 5) is 27.8. The van der Waals surface area contributed by atoms with Crippen LogP contribution in [0.2, 0.25) is 0 Å². The highest BCUT2D eigenvalue weighted by atomic mass is 32.2. The van der Waals surface area contributed by atoms with E-state index in [0.29, 0.717) is 13.0 Å². The molecule has 30 heavy (non-hydrogen) atoms. The maximum absolute atomic E-state index is 13.1. The molecule has 0 radical (unpaired) electrons. The van der Waals surface area contributed by atoms with E-state index in [-0.39, 0.29) is 24.5 Å². The van der Waals surface area contributed by atoms with Gasteiger partial charge in [0.25, 0.3) is 0 Å². The molecule has 1 fully saturated rings.